The molecular formula is C15H14F3N3O2. The van der Waals surface area contributed by atoms with Gasteiger partial charge in [-0.15, -0.1) is 0 Å². The number of carbonyl (C=O) groups excluding carboxylic acids is 1. The van der Waals surface area contributed by atoms with Crippen LogP contribution in [-0.2, 0) is 10.9 Å². The van der Waals surface area contributed by atoms with Crippen LogP contribution in [0.5, 0.6) is 0 Å². The average Bonchev–Trinajstić information content (AvgIpc) is 2.53. The highest BCUT2D eigenvalue weighted by atomic mass is 19.4. The highest BCUT2D eigenvalue weighted by Gasteiger charge is 2.32. The van der Waals surface area contributed by atoms with Crippen LogP contribution in [0.4, 0.5) is 19.0 Å². The normalized spacial score (nSPS) is 15.9. The van der Waals surface area contributed by atoms with Gasteiger partial charge in [-0.3, -0.25) is 9.78 Å². The minimum absolute atomic E-state index is 0.0574. The third kappa shape index (κ3) is 3.12. The summed E-state index contributed by atoms with van der Waals surface area (Å²) in [6.45, 7) is 3.56. The molecule has 0 atom stereocenters. The molecule has 0 bridgehead atoms. The van der Waals surface area contributed by atoms with Crippen LogP contribution in [0.2, 0.25) is 0 Å². The van der Waals surface area contributed by atoms with Crippen molar-refractivity contribution in [1.82, 2.24) is 9.97 Å². The third-order valence-electron chi connectivity index (χ3n) is 3.68. The van der Waals surface area contributed by atoms with Crippen LogP contribution in [0.3, 0.4) is 0 Å². The summed E-state index contributed by atoms with van der Waals surface area (Å²) in [4.78, 5) is 22.1. The van der Waals surface area contributed by atoms with E-state index in [4.69, 9.17) is 4.74 Å². The van der Waals surface area contributed by atoms with Crippen molar-refractivity contribution >= 4 is 22.6 Å². The van der Waals surface area contributed by atoms with Crippen LogP contribution < -0.4 is 4.90 Å². The zero-order valence-electron chi connectivity index (χ0n) is 12.4. The Hall–Kier alpha value is -2.22. The number of anilines is 1. The molecule has 5 nitrogen and oxygen atoms in total. The molecule has 0 saturated carbocycles. The number of hydrogen-bond acceptors (Lipinski definition) is 5. The van der Waals surface area contributed by atoms with Crippen molar-refractivity contribution in [3.63, 3.8) is 0 Å². The Labute approximate surface area is 130 Å². The predicted molar refractivity (Wildman–Crippen MR) is 77.6 cm³/mol. The van der Waals surface area contributed by atoms with Crippen LogP contribution in [0.15, 0.2) is 18.3 Å². The lowest BCUT2D eigenvalue weighted by atomic mass is 10.0. The SMILES string of the molecule is CC(=O)c1cc(C(F)(F)F)cc2ncc(N3CCOCC3)nc12. The molecule has 1 aliphatic heterocycles. The number of aromatic nitrogens is 2. The van der Waals surface area contributed by atoms with Gasteiger partial charge in [-0.25, -0.2) is 4.98 Å². The van der Waals surface area contributed by atoms with Crippen LogP contribution >= 0.6 is 0 Å². The smallest absolute Gasteiger partial charge is 0.378 e. The number of hydrogen-bond donors (Lipinski definition) is 0. The van der Waals surface area contributed by atoms with Gasteiger partial charge in [0.1, 0.15) is 11.3 Å². The van der Waals surface area contributed by atoms with Crippen molar-refractivity contribution in [2.24, 2.45) is 0 Å². The van der Waals surface area contributed by atoms with E-state index in [0.717, 1.165) is 12.1 Å². The molecule has 122 valence electrons. The van der Waals surface area contributed by atoms with Crippen molar-refractivity contribution in [2.45, 2.75) is 13.1 Å². The standard InChI is InChI=1S/C15H14F3N3O2/c1-9(22)11-6-10(15(16,17)18)7-12-14(11)20-13(8-19-12)21-2-4-23-5-3-21/h6-8H,2-5H2,1H3. The lowest BCUT2D eigenvalue weighted by Crippen LogP contribution is -2.36. The summed E-state index contributed by atoms with van der Waals surface area (Å²) in [7, 11) is 0. The molecule has 1 saturated heterocycles. The lowest BCUT2D eigenvalue weighted by molar-refractivity contribution is -0.137. The number of fused-ring (bicyclic) bond motifs is 1. The summed E-state index contributed by atoms with van der Waals surface area (Å²) in [5.41, 5.74) is -0.724. The molecule has 1 aromatic carbocycles. The number of morpholine rings is 1. The van der Waals surface area contributed by atoms with Crippen molar-refractivity contribution < 1.29 is 22.7 Å². The first kappa shape index (κ1) is 15.7. The first-order chi connectivity index (χ1) is 10.9. The van der Waals surface area contributed by atoms with Gasteiger partial charge in [-0.05, 0) is 19.1 Å². The van der Waals surface area contributed by atoms with Gasteiger partial charge in [0.2, 0.25) is 0 Å². The number of nitrogens with zero attached hydrogens (tertiary/aromatic N) is 3. The molecule has 8 heteroatoms. The Morgan fingerprint density at radius 3 is 2.57 bits per heavy atom. The van der Waals surface area contributed by atoms with Gasteiger partial charge in [0, 0.05) is 18.7 Å². The van der Waals surface area contributed by atoms with E-state index in [1.54, 1.807) is 0 Å². The molecule has 0 N–H and O–H groups in total. The summed E-state index contributed by atoms with van der Waals surface area (Å²) in [6, 6.07) is 1.75. The largest absolute Gasteiger partial charge is 0.416 e. The highest BCUT2D eigenvalue weighted by Crippen LogP contribution is 2.33. The number of carbonyl (C=O) groups is 1. The van der Waals surface area contributed by atoms with E-state index in [1.807, 2.05) is 4.90 Å². The second-order valence-electron chi connectivity index (χ2n) is 5.27. The number of ether oxygens (including phenoxy) is 1. The van der Waals surface area contributed by atoms with Crippen LogP contribution in [0, 0.1) is 0 Å². The Morgan fingerprint density at radius 1 is 1.26 bits per heavy atom. The van der Waals surface area contributed by atoms with E-state index in [0.29, 0.717) is 32.1 Å². The Bertz CT molecular complexity index is 755. The fraction of sp³-hybridized carbons (Fsp3) is 0.400. The van der Waals surface area contributed by atoms with E-state index in [2.05, 4.69) is 9.97 Å². The van der Waals surface area contributed by atoms with Gasteiger partial charge in [-0.1, -0.05) is 0 Å². The van der Waals surface area contributed by atoms with Gasteiger partial charge >= 0.3 is 6.18 Å². The van der Waals surface area contributed by atoms with Gasteiger partial charge in [0.25, 0.3) is 0 Å². The molecule has 1 aromatic heterocycles. The second kappa shape index (κ2) is 5.77. The molecule has 0 unspecified atom stereocenters. The molecule has 3 rings (SSSR count). The molecule has 0 spiro atoms. The number of halogens is 3. The third-order valence-corrected chi connectivity index (χ3v) is 3.68. The molecule has 1 fully saturated rings. The van der Waals surface area contributed by atoms with Gasteiger partial charge in [-0.2, -0.15) is 13.2 Å². The van der Waals surface area contributed by atoms with Crippen LogP contribution in [0.1, 0.15) is 22.8 Å². The summed E-state index contributed by atoms with van der Waals surface area (Å²) in [5, 5.41) is 0. The minimum atomic E-state index is -4.54. The minimum Gasteiger partial charge on any atom is -0.378 e. The maximum Gasteiger partial charge on any atom is 0.416 e. The Morgan fingerprint density at radius 2 is 1.96 bits per heavy atom. The number of Topliss-reactive ketones (excluding diaryl/α,β-unsaturated/α-hetero) is 1. The number of rotatable bonds is 2. The van der Waals surface area contributed by atoms with E-state index < -0.39 is 17.5 Å². The van der Waals surface area contributed by atoms with E-state index in [9.17, 15) is 18.0 Å². The van der Waals surface area contributed by atoms with E-state index in [1.165, 1.54) is 13.1 Å². The van der Waals surface area contributed by atoms with Crippen molar-refractivity contribution in [3.05, 3.63) is 29.5 Å². The number of alkyl halides is 3. The molecule has 23 heavy (non-hydrogen) atoms. The zero-order valence-corrected chi connectivity index (χ0v) is 12.4. The topological polar surface area (TPSA) is 55.3 Å². The fourth-order valence-electron chi connectivity index (χ4n) is 2.48. The lowest BCUT2D eigenvalue weighted by Gasteiger charge is -2.27. The number of benzene rings is 1. The summed E-state index contributed by atoms with van der Waals surface area (Å²) < 4.78 is 44.1. The van der Waals surface area contributed by atoms with Gasteiger partial charge < -0.3 is 9.64 Å². The van der Waals surface area contributed by atoms with Gasteiger partial charge in [0.05, 0.1) is 30.5 Å². The number of ketones is 1. The quantitative estimate of drug-likeness (QED) is 0.795. The van der Waals surface area contributed by atoms with Crippen molar-refractivity contribution in [1.29, 1.82) is 0 Å². The Balaban J connectivity index is 2.14. The molecule has 1 aliphatic rings. The van der Waals surface area contributed by atoms with Gasteiger partial charge in [0.15, 0.2) is 5.78 Å². The molecule has 0 radical (unpaired) electrons. The fourth-order valence-corrected chi connectivity index (χ4v) is 2.48. The molecule has 2 heterocycles. The average molecular weight is 325 g/mol. The monoisotopic (exact) mass is 325 g/mol. The summed E-state index contributed by atoms with van der Waals surface area (Å²) in [5.74, 6) is 0.0533. The summed E-state index contributed by atoms with van der Waals surface area (Å²) >= 11 is 0. The second-order valence-corrected chi connectivity index (χ2v) is 5.27. The molecule has 2 aromatic rings. The summed E-state index contributed by atoms with van der Waals surface area (Å²) in [6.07, 6.45) is -3.11. The maximum atomic E-state index is 12.9. The van der Waals surface area contributed by atoms with Crippen LogP contribution in [0.25, 0.3) is 11.0 Å². The first-order valence-electron chi connectivity index (χ1n) is 7.08. The molecule has 0 aliphatic carbocycles. The molecule has 0 amide bonds. The van der Waals surface area contributed by atoms with Crippen molar-refractivity contribution in [2.75, 3.05) is 31.2 Å². The zero-order chi connectivity index (χ0) is 16.6. The van der Waals surface area contributed by atoms with Crippen molar-refractivity contribution in [3.8, 4) is 0 Å². The highest BCUT2D eigenvalue weighted by molar-refractivity contribution is 6.05. The molecular weight excluding hydrogens is 311 g/mol. The Kier molecular flexibility index (Phi) is 3.93. The van der Waals surface area contributed by atoms with E-state index >= 15 is 0 Å². The van der Waals surface area contributed by atoms with Crippen LogP contribution in [-0.4, -0.2) is 42.1 Å². The maximum absolute atomic E-state index is 12.9. The predicted octanol–water partition coefficient (Wildman–Crippen LogP) is 2.69. The first-order valence-corrected chi connectivity index (χ1v) is 7.08. The van der Waals surface area contributed by atoms with E-state index in [-0.39, 0.29) is 16.6 Å².